The number of nitrogens with one attached hydrogen (secondary N) is 1. The normalized spacial score (nSPS) is 10.1. The number of rotatable bonds is 6. The predicted octanol–water partition coefficient (Wildman–Crippen LogP) is 1.69. The first-order valence-corrected chi connectivity index (χ1v) is 6.42. The lowest BCUT2D eigenvalue weighted by Gasteiger charge is -2.06. The van der Waals surface area contributed by atoms with Crippen molar-refractivity contribution >= 4 is 23.4 Å². The van der Waals surface area contributed by atoms with E-state index in [2.05, 4.69) is 5.32 Å². The molecule has 0 saturated heterocycles. The van der Waals surface area contributed by atoms with Crippen molar-refractivity contribution in [1.29, 1.82) is 0 Å². The van der Waals surface area contributed by atoms with Crippen LogP contribution in [0.25, 0.3) is 0 Å². The summed E-state index contributed by atoms with van der Waals surface area (Å²) < 4.78 is 4.80. The van der Waals surface area contributed by atoms with Crippen molar-refractivity contribution in [3.63, 3.8) is 0 Å². The van der Waals surface area contributed by atoms with E-state index in [1.54, 1.807) is 6.07 Å². The van der Waals surface area contributed by atoms with Crippen molar-refractivity contribution in [2.75, 3.05) is 26.5 Å². The van der Waals surface area contributed by atoms with Gasteiger partial charge < -0.3 is 10.1 Å². The Morgan fingerprint density at radius 3 is 2.83 bits per heavy atom. The van der Waals surface area contributed by atoms with Gasteiger partial charge in [-0.1, -0.05) is 0 Å². The summed E-state index contributed by atoms with van der Waals surface area (Å²) in [6.07, 6.45) is 1.84. The molecule has 1 aromatic carbocycles. The Morgan fingerprint density at radius 1 is 1.56 bits per heavy atom. The van der Waals surface area contributed by atoms with Crippen molar-refractivity contribution in [1.82, 2.24) is 5.32 Å². The average molecular weight is 270 g/mol. The van der Waals surface area contributed by atoms with Crippen LogP contribution in [0.3, 0.4) is 0 Å². The van der Waals surface area contributed by atoms with E-state index in [4.69, 9.17) is 4.74 Å². The number of benzene rings is 1. The molecule has 0 saturated carbocycles. The number of nitrogens with zero attached hydrogens (tertiary/aromatic N) is 1. The summed E-state index contributed by atoms with van der Waals surface area (Å²) in [5.41, 5.74) is -0.120. The Bertz CT molecular complexity index is 451. The third kappa shape index (κ3) is 3.71. The van der Waals surface area contributed by atoms with Crippen LogP contribution in [0.1, 0.15) is 10.4 Å². The Balaban J connectivity index is 2.96. The van der Waals surface area contributed by atoms with E-state index in [9.17, 15) is 14.9 Å². The van der Waals surface area contributed by atoms with Crippen LogP contribution in [0.15, 0.2) is 23.1 Å². The van der Waals surface area contributed by atoms with E-state index < -0.39 is 10.8 Å². The SMILES string of the molecule is COCCNC(=O)c1cc(SC)ccc1[N+](=O)[O-]. The Morgan fingerprint density at radius 2 is 2.28 bits per heavy atom. The third-order valence-corrected chi connectivity index (χ3v) is 2.96. The van der Waals surface area contributed by atoms with Gasteiger partial charge in [-0.25, -0.2) is 0 Å². The summed E-state index contributed by atoms with van der Waals surface area (Å²) in [4.78, 5) is 22.9. The second kappa shape index (κ2) is 6.97. The minimum Gasteiger partial charge on any atom is -0.383 e. The maximum atomic E-state index is 11.8. The largest absolute Gasteiger partial charge is 0.383 e. The second-order valence-corrected chi connectivity index (χ2v) is 4.27. The van der Waals surface area contributed by atoms with Gasteiger partial charge in [0.25, 0.3) is 11.6 Å². The third-order valence-electron chi connectivity index (χ3n) is 2.24. The highest BCUT2D eigenvalue weighted by atomic mass is 32.2. The molecule has 7 heteroatoms. The number of ether oxygens (including phenoxy) is 1. The van der Waals surface area contributed by atoms with Gasteiger partial charge in [0.1, 0.15) is 5.56 Å². The van der Waals surface area contributed by atoms with Crippen molar-refractivity contribution in [2.24, 2.45) is 0 Å². The van der Waals surface area contributed by atoms with Crippen LogP contribution < -0.4 is 5.32 Å². The predicted molar refractivity (Wildman–Crippen MR) is 69.1 cm³/mol. The zero-order chi connectivity index (χ0) is 13.5. The first-order chi connectivity index (χ1) is 8.60. The summed E-state index contributed by atoms with van der Waals surface area (Å²) in [5.74, 6) is -0.463. The summed E-state index contributed by atoms with van der Waals surface area (Å²) in [6, 6.07) is 4.48. The Labute approximate surface area is 109 Å². The van der Waals surface area contributed by atoms with Crippen LogP contribution in [-0.2, 0) is 4.74 Å². The van der Waals surface area contributed by atoms with E-state index in [0.29, 0.717) is 13.2 Å². The smallest absolute Gasteiger partial charge is 0.282 e. The molecule has 0 radical (unpaired) electrons. The van der Waals surface area contributed by atoms with Gasteiger partial charge in [-0.05, 0) is 18.4 Å². The van der Waals surface area contributed by atoms with Gasteiger partial charge >= 0.3 is 0 Å². The molecule has 6 nitrogen and oxygen atoms in total. The number of carbonyl (C=O) groups excluding carboxylic acids is 1. The first kappa shape index (κ1) is 14.5. The van der Waals surface area contributed by atoms with Crippen LogP contribution in [0.5, 0.6) is 0 Å². The van der Waals surface area contributed by atoms with E-state index in [-0.39, 0.29) is 11.3 Å². The topological polar surface area (TPSA) is 81.5 Å². The van der Waals surface area contributed by atoms with Crippen LogP contribution in [0, 0.1) is 10.1 Å². The van der Waals surface area contributed by atoms with Crippen molar-refractivity contribution in [3.05, 3.63) is 33.9 Å². The molecule has 0 heterocycles. The number of hydrogen-bond acceptors (Lipinski definition) is 5. The molecule has 0 spiro atoms. The van der Waals surface area contributed by atoms with E-state index in [1.807, 2.05) is 6.26 Å². The molecule has 0 aliphatic heterocycles. The lowest BCUT2D eigenvalue weighted by atomic mass is 10.1. The van der Waals surface area contributed by atoms with Gasteiger partial charge in [0, 0.05) is 24.6 Å². The number of amides is 1. The standard InChI is InChI=1S/C11H14N2O4S/c1-17-6-5-12-11(14)9-7-8(18-2)3-4-10(9)13(15)16/h3-4,7H,5-6H2,1-2H3,(H,12,14). The van der Waals surface area contributed by atoms with Crippen LogP contribution in [0.2, 0.25) is 0 Å². The van der Waals surface area contributed by atoms with Crippen LogP contribution >= 0.6 is 11.8 Å². The van der Waals surface area contributed by atoms with Gasteiger partial charge in [-0.15, -0.1) is 11.8 Å². The van der Waals surface area contributed by atoms with Gasteiger partial charge in [-0.2, -0.15) is 0 Å². The Kier molecular flexibility index (Phi) is 5.60. The lowest BCUT2D eigenvalue weighted by Crippen LogP contribution is -2.27. The molecule has 0 bridgehead atoms. The average Bonchev–Trinajstić information content (AvgIpc) is 2.38. The molecular weight excluding hydrogens is 256 g/mol. The summed E-state index contributed by atoms with van der Waals surface area (Å²) >= 11 is 1.42. The summed E-state index contributed by atoms with van der Waals surface area (Å²) in [7, 11) is 1.52. The van der Waals surface area contributed by atoms with Crippen molar-refractivity contribution in [3.8, 4) is 0 Å². The van der Waals surface area contributed by atoms with E-state index >= 15 is 0 Å². The fraction of sp³-hybridized carbons (Fsp3) is 0.364. The molecular formula is C11H14N2O4S. The fourth-order valence-corrected chi connectivity index (χ4v) is 1.78. The number of thioether (sulfide) groups is 1. The van der Waals surface area contributed by atoms with Gasteiger partial charge in [0.2, 0.25) is 0 Å². The molecule has 1 amide bonds. The highest BCUT2D eigenvalue weighted by Crippen LogP contribution is 2.24. The van der Waals surface area contributed by atoms with E-state index in [0.717, 1.165) is 4.90 Å². The van der Waals surface area contributed by atoms with Gasteiger partial charge in [0.05, 0.1) is 11.5 Å². The molecule has 0 aromatic heterocycles. The van der Waals surface area contributed by atoms with Crippen molar-refractivity contribution < 1.29 is 14.5 Å². The molecule has 98 valence electrons. The Hall–Kier alpha value is -1.60. The monoisotopic (exact) mass is 270 g/mol. The molecule has 1 N–H and O–H groups in total. The molecule has 18 heavy (non-hydrogen) atoms. The highest BCUT2D eigenvalue weighted by Gasteiger charge is 2.20. The minimum absolute atomic E-state index is 0.0722. The van der Waals surface area contributed by atoms with Crippen LogP contribution in [0.4, 0.5) is 5.69 Å². The number of nitro benzene ring substituents is 1. The maximum Gasteiger partial charge on any atom is 0.282 e. The molecule has 0 fully saturated rings. The molecule has 1 aromatic rings. The molecule has 0 atom stereocenters. The van der Waals surface area contributed by atoms with Crippen LogP contribution in [-0.4, -0.2) is 37.3 Å². The zero-order valence-corrected chi connectivity index (χ0v) is 11.0. The number of hydrogen-bond donors (Lipinski definition) is 1. The molecule has 1 rings (SSSR count). The molecule has 0 aliphatic carbocycles. The number of nitro groups is 1. The maximum absolute atomic E-state index is 11.8. The molecule has 0 aliphatic rings. The minimum atomic E-state index is -0.560. The second-order valence-electron chi connectivity index (χ2n) is 3.39. The lowest BCUT2D eigenvalue weighted by molar-refractivity contribution is -0.385. The zero-order valence-electron chi connectivity index (χ0n) is 10.1. The number of methoxy groups -OCH3 is 1. The van der Waals surface area contributed by atoms with Crippen molar-refractivity contribution in [2.45, 2.75) is 4.90 Å². The summed E-state index contributed by atoms with van der Waals surface area (Å²) in [5, 5.41) is 13.4. The highest BCUT2D eigenvalue weighted by molar-refractivity contribution is 7.98. The quantitative estimate of drug-likeness (QED) is 0.368. The summed E-state index contributed by atoms with van der Waals surface area (Å²) in [6.45, 7) is 0.678. The van der Waals surface area contributed by atoms with E-state index in [1.165, 1.54) is 31.0 Å². The van der Waals surface area contributed by atoms with Gasteiger partial charge in [0.15, 0.2) is 0 Å². The molecule has 0 unspecified atom stereocenters. The number of carbonyl (C=O) groups is 1. The van der Waals surface area contributed by atoms with Gasteiger partial charge in [-0.3, -0.25) is 14.9 Å². The first-order valence-electron chi connectivity index (χ1n) is 5.19. The fourth-order valence-electron chi connectivity index (χ4n) is 1.35.